The smallest absolute Gasteiger partial charge is 0.266 e. The van der Waals surface area contributed by atoms with Crippen molar-refractivity contribution in [2.75, 3.05) is 73.4 Å². The Morgan fingerprint density at radius 1 is 0.567 bits per heavy atom. The zero-order valence-electron chi connectivity index (χ0n) is 47.3. The normalized spacial score (nSPS) is 12.7. The number of ketones is 1. The van der Waals surface area contributed by atoms with Gasteiger partial charge in [0.15, 0.2) is 69.3 Å². The molecule has 0 saturated heterocycles. The summed E-state index contributed by atoms with van der Waals surface area (Å²) in [5.74, 6) is -3.80. The van der Waals surface area contributed by atoms with Gasteiger partial charge in [-0.25, -0.2) is 80.6 Å². The Morgan fingerprint density at radius 2 is 0.944 bits per heavy atom. The maximum absolute atomic E-state index is 13.4. The largest absolute Gasteiger partial charge is 0.355 e. The van der Waals surface area contributed by atoms with Crippen LogP contribution in [0.15, 0.2) is 113 Å². The van der Waals surface area contributed by atoms with Gasteiger partial charge < -0.3 is 10.6 Å². The Labute approximate surface area is 530 Å². The molecule has 0 aliphatic carbocycles. The van der Waals surface area contributed by atoms with E-state index in [1.54, 1.807) is 29.2 Å². The monoisotopic (exact) mass is 1450 g/mol. The van der Waals surface area contributed by atoms with Crippen molar-refractivity contribution in [1.29, 1.82) is 0 Å². The minimum atomic E-state index is -3.41. The number of carbonyl (C=O) groups excluding carboxylic acids is 3. The highest BCUT2D eigenvalue weighted by molar-refractivity contribution is 9.10. The number of carbonyl (C=O) groups is 3. The lowest BCUT2D eigenvalue weighted by Gasteiger charge is -2.06. The number of amides is 2. The van der Waals surface area contributed by atoms with E-state index in [2.05, 4.69) is 86.1 Å². The van der Waals surface area contributed by atoms with Gasteiger partial charge in [-0.1, -0.05) is 22.0 Å². The third-order valence-electron chi connectivity index (χ3n) is 10.5. The number of sulfone groups is 2. The number of halogens is 7. The number of benzene rings is 3. The molecule has 6 rings (SSSR count). The van der Waals surface area contributed by atoms with Crippen LogP contribution in [-0.2, 0) is 43.8 Å². The number of aromatic nitrogens is 6. The summed E-state index contributed by atoms with van der Waals surface area (Å²) in [5.41, 5.74) is 4.58. The molecule has 2 amide bonds. The predicted molar refractivity (Wildman–Crippen MR) is 321 cm³/mol. The van der Waals surface area contributed by atoms with E-state index in [4.69, 9.17) is 4.63 Å². The summed E-state index contributed by atoms with van der Waals surface area (Å²) < 4.78 is 153. The first kappa shape index (κ1) is 75.4. The van der Waals surface area contributed by atoms with Gasteiger partial charge in [-0.3, -0.25) is 46.4 Å². The summed E-state index contributed by atoms with van der Waals surface area (Å²) in [6.45, 7) is 0.534. The lowest BCUT2D eigenvalue weighted by atomic mass is 10.2. The van der Waals surface area contributed by atoms with Gasteiger partial charge in [0.2, 0.25) is 11.8 Å². The summed E-state index contributed by atoms with van der Waals surface area (Å²) in [6.07, 6.45) is -1.04. The Balaban J connectivity index is 0.000000289. The van der Waals surface area contributed by atoms with Crippen molar-refractivity contribution >= 4 is 133 Å². The zero-order valence-corrected chi connectivity index (χ0v) is 53.8. The molecule has 3 aromatic heterocycles. The molecule has 29 nitrogen and oxygen atoms in total. The minimum Gasteiger partial charge on any atom is -0.355 e. The molecule has 1 atom stereocenters. The van der Waals surface area contributed by atoms with Crippen LogP contribution >= 0.6 is 51.2 Å². The molecule has 0 radical (unpaired) electrons. The number of hydrogen-bond acceptors (Lipinski definition) is 27. The van der Waals surface area contributed by atoms with Gasteiger partial charge in [0.1, 0.15) is 28.9 Å². The molecule has 8 N–H and O–H groups in total. The van der Waals surface area contributed by atoms with E-state index in [9.17, 15) is 77.4 Å². The maximum Gasteiger partial charge on any atom is 0.266 e. The van der Waals surface area contributed by atoms with Crippen LogP contribution in [-0.4, -0.2) is 176 Å². The van der Waals surface area contributed by atoms with E-state index < -0.39 is 88.3 Å². The fourth-order valence-electron chi connectivity index (χ4n) is 6.51. The summed E-state index contributed by atoms with van der Waals surface area (Å²) in [7, 11) is -7.85. The number of Topliss-reactive ketones (excluding diaryl/α,β-unsaturated/α-hetero) is 1. The Hall–Kier alpha value is -7.06. The number of aliphatic imine (C=N–C) groups is 3. The van der Waals surface area contributed by atoms with E-state index in [1.165, 1.54) is 25.1 Å². The highest BCUT2D eigenvalue weighted by Gasteiger charge is 2.23. The van der Waals surface area contributed by atoms with Crippen molar-refractivity contribution in [3.05, 3.63) is 105 Å². The standard InChI is InChI=1S/C17H20F3N5O4S2.C16H18F3N5O5S2.C15H18BrN5O5S2/c1-21-31(2,28)9-11(26)4-3-7-30-17-14(24-29-25-17)16(23-27)22-10-5-6-13(18)12(8-10)15(19)20;1-31(27,28)8-12(25)20-5-2-6-30-16-13(23-29-24-16)15(22-26)21-9-3-4-11(17)10(7-9)14(18)19;1-28(24,25)9-12(22)17-6-3-7-27-15-13(20-26-21-15)14(19-23)18-11-5-2-4-10(16)8-11/h5-6,8,15,27H,3-4,7,9H2,1-2H3,(H,22,23);3-4,7,14,26H,2,5-6,8H2,1H3,(H,20,25)(H,21,22);2,4-5,8,23H,3,6-7,9H2,1H3,(H,17,22)(H,18,19). The lowest BCUT2D eigenvalue weighted by molar-refractivity contribution is -0.119. The number of hydrogen-bond donors (Lipinski definition) is 8. The van der Waals surface area contributed by atoms with Crippen LogP contribution < -0.4 is 27.1 Å². The molecular formula is C48H56BrF6N15O14S6. The summed E-state index contributed by atoms with van der Waals surface area (Å²) >= 11 is 6.94. The van der Waals surface area contributed by atoms with Crippen LogP contribution in [0, 0.1) is 11.6 Å². The number of amidine groups is 3. The fourth-order valence-corrected chi connectivity index (χ4v) is 11.4. The summed E-state index contributed by atoms with van der Waals surface area (Å²) in [4.78, 5) is 46.9. The van der Waals surface area contributed by atoms with E-state index in [0.29, 0.717) is 53.8 Å². The molecule has 3 heterocycles. The van der Waals surface area contributed by atoms with Gasteiger partial charge in [0, 0.05) is 67.1 Å². The number of hydroxylamine groups is 3. The number of nitrogens with zero attached hydrogens (tertiary/aromatic N) is 10. The van der Waals surface area contributed by atoms with Crippen molar-refractivity contribution in [2.24, 2.45) is 19.3 Å². The Bertz CT molecular complexity index is 3840. The molecule has 0 aliphatic heterocycles. The lowest BCUT2D eigenvalue weighted by Crippen LogP contribution is -2.30. The molecule has 0 spiro atoms. The number of nitrogens with one attached hydrogen (secondary N) is 5. The average molecular weight is 1450 g/mol. The molecule has 0 saturated carbocycles. The van der Waals surface area contributed by atoms with Crippen molar-refractivity contribution in [3.8, 4) is 0 Å². The second kappa shape index (κ2) is 37.3. The van der Waals surface area contributed by atoms with E-state index in [-0.39, 0.29) is 80.5 Å². The van der Waals surface area contributed by atoms with Crippen molar-refractivity contribution < 1.29 is 91.3 Å². The van der Waals surface area contributed by atoms with E-state index in [0.717, 1.165) is 76.9 Å². The molecule has 6 aromatic rings. The number of thioether (sulfide) groups is 3. The highest BCUT2D eigenvalue weighted by Crippen LogP contribution is 2.30. The molecule has 0 fully saturated rings. The second-order valence-corrected chi connectivity index (χ2v) is 29.0. The first-order valence-electron chi connectivity index (χ1n) is 25.3. The third-order valence-corrected chi connectivity index (χ3v) is 17.3. The summed E-state index contributed by atoms with van der Waals surface area (Å²) in [6, 6.07) is 12.8. The number of alkyl halides is 4. The van der Waals surface area contributed by atoms with Gasteiger partial charge in [0.25, 0.3) is 12.9 Å². The molecule has 90 heavy (non-hydrogen) atoms. The van der Waals surface area contributed by atoms with Gasteiger partial charge in [0.05, 0.1) is 43.7 Å². The van der Waals surface area contributed by atoms with Gasteiger partial charge in [-0.05, 0) is 105 Å². The predicted octanol–water partition coefficient (Wildman–Crippen LogP) is 6.75. The minimum absolute atomic E-state index is 0.00288. The van der Waals surface area contributed by atoms with Crippen molar-refractivity contribution in [2.45, 2.75) is 53.6 Å². The van der Waals surface area contributed by atoms with Crippen LogP contribution in [0.3, 0.4) is 0 Å². The van der Waals surface area contributed by atoms with Crippen LogP contribution in [0.25, 0.3) is 0 Å². The van der Waals surface area contributed by atoms with Gasteiger partial charge >= 0.3 is 0 Å². The zero-order chi connectivity index (χ0) is 66.6. The van der Waals surface area contributed by atoms with E-state index in [1.807, 2.05) is 11.5 Å². The molecule has 0 aliphatic rings. The molecule has 3 aromatic carbocycles. The van der Waals surface area contributed by atoms with Gasteiger partial charge in [-0.2, -0.15) is 0 Å². The van der Waals surface area contributed by atoms with Crippen molar-refractivity contribution in [1.82, 2.24) is 58.0 Å². The van der Waals surface area contributed by atoms with Gasteiger partial charge in [-0.15, -0.1) is 35.3 Å². The molecule has 1 unspecified atom stereocenters. The quantitative estimate of drug-likeness (QED) is 0.00601. The molecule has 492 valence electrons. The molecular weight excluding hydrogens is 1400 g/mol. The average Bonchev–Trinajstić information content (AvgIpc) is 2.14. The van der Waals surface area contributed by atoms with Crippen LogP contribution in [0.2, 0.25) is 0 Å². The first-order valence-corrected chi connectivity index (χ1v) is 35.2. The van der Waals surface area contributed by atoms with Crippen molar-refractivity contribution in [3.63, 3.8) is 0 Å². The fraction of sp³-hybridized carbons (Fsp3) is 0.375. The van der Waals surface area contributed by atoms with Crippen LogP contribution in [0.5, 0.6) is 0 Å². The summed E-state index contributed by atoms with van der Waals surface area (Å²) in [5, 5.41) is 56.2. The number of rotatable bonds is 29. The third kappa shape index (κ3) is 27.2. The molecule has 0 bridgehead atoms. The topological polar surface area (TPSA) is 424 Å². The van der Waals surface area contributed by atoms with Crippen LogP contribution in [0.4, 0.5) is 43.4 Å². The SMILES string of the molecule is CN=S(C)(=O)CC(=O)CCCSc1nonc1C(=Nc1ccc(F)c(C(F)F)c1)NO.CS(=O)(=O)CC(=O)NCCCSc1nonc1C(=Nc1ccc(F)c(C(F)F)c1)NO.CS(=O)(=O)CC(=O)NCCCSc1nonc1C(=Nc1cccc(Br)c1)NO. The Morgan fingerprint density at radius 3 is 1.29 bits per heavy atom. The maximum atomic E-state index is 13.4. The first-order chi connectivity index (χ1) is 42.5. The Kier molecular flexibility index (Phi) is 31.3. The van der Waals surface area contributed by atoms with Crippen LogP contribution in [0.1, 0.15) is 66.7 Å². The highest BCUT2D eigenvalue weighted by atomic mass is 79.9. The molecule has 42 heteroatoms. The second-order valence-electron chi connectivity index (χ2n) is 18.0. The van der Waals surface area contributed by atoms with E-state index >= 15 is 0 Å².